The van der Waals surface area contributed by atoms with E-state index in [0.717, 1.165) is 44.9 Å². The van der Waals surface area contributed by atoms with Gasteiger partial charge in [-0.3, -0.25) is 9.59 Å². The number of allylic oxidation sites excluding steroid dienone is 14. The SMILES string of the molecule is CC/C=C/C=C/C=C/C=C/C=C/C=C/C=C/CCCCCC(=O)OC(COCCC(C(=O)[O-])[N+](C)(C)C)COC(=O)CCCCCCCCCCCCCCCCCC. The molecule has 0 aliphatic heterocycles. The van der Waals surface area contributed by atoms with E-state index in [1.165, 1.54) is 83.5 Å². The first-order valence-electron chi connectivity index (χ1n) is 23.2. The van der Waals surface area contributed by atoms with Gasteiger partial charge in [0.05, 0.1) is 40.3 Å². The van der Waals surface area contributed by atoms with Crippen LogP contribution in [-0.2, 0) is 28.6 Å². The molecule has 336 valence electrons. The number of carboxylic acid groups (broad SMARTS) is 1. The number of esters is 2. The number of carbonyl (C=O) groups is 3. The molecule has 0 saturated carbocycles. The second kappa shape index (κ2) is 41.3. The van der Waals surface area contributed by atoms with Crippen molar-refractivity contribution in [3.63, 3.8) is 0 Å². The molecule has 59 heavy (non-hydrogen) atoms. The van der Waals surface area contributed by atoms with E-state index in [9.17, 15) is 19.5 Å². The van der Waals surface area contributed by atoms with Crippen LogP contribution in [0.25, 0.3) is 0 Å². The zero-order chi connectivity index (χ0) is 43.5. The van der Waals surface area contributed by atoms with E-state index in [4.69, 9.17) is 14.2 Å². The summed E-state index contributed by atoms with van der Waals surface area (Å²) in [5, 5.41) is 11.6. The summed E-state index contributed by atoms with van der Waals surface area (Å²) in [5.74, 6) is -1.80. The predicted octanol–water partition coefficient (Wildman–Crippen LogP) is 11.6. The Hall–Kier alpha value is -3.49. The van der Waals surface area contributed by atoms with Crippen molar-refractivity contribution in [2.45, 2.75) is 180 Å². The Bertz CT molecular complexity index is 1240. The second-order valence-electron chi connectivity index (χ2n) is 16.5. The summed E-state index contributed by atoms with van der Waals surface area (Å²) in [6.07, 6.45) is 53.2. The molecule has 2 unspecified atom stereocenters. The third kappa shape index (κ3) is 39.7. The molecular weight excluding hydrogens is 739 g/mol. The maximum absolute atomic E-state index is 12.7. The standard InChI is InChI=1S/C51H85NO7/c1-6-8-10-12-14-16-18-20-22-24-25-26-28-30-32-34-36-38-40-42-50(54)59-47(45-57-44-43-48(51(55)56)52(3,4)5)46-58-49(53)41-39-37-35-33-31-29-27-23-21-19-17-15-13-11-9-7-2/h8,10,12,14,16,18,20,22,24-26,28,30,32,47-48H,6-7,9,11,13,15,17,19,21,23,27,29,31,33-46H2,1-5H3/b10-8+,14-12+,18-16+,22-20+,25-24+,28-26+,32-30+. The summed E-state index contributed by atoms with van der Waals surface area (Å²) in [5.41, 5.74) is 0. The Morgan fingerprint density at radius 3 is 1.41 bits per heavy atom. The lowest BCUT2D eigenvalue weighted by molar-refractivity contribution is -0.889. The van der Waals surface area contributed by atoms with E-state index in [0.29, 0.717) is 12.8 Å². The number of carbonyl (C=O) groups excluding carboxylic acids is 3. The van der Waals surface area contributed by atoms with Crippen LogP contribution in [0.2, 0.25) is 0 Å². The van der Waals surface area contributed by atoms with Crippen molar-refractivity contribution in [3.8, 4) is 0 Å². The number of quaternary nitrogens is 1. The highest BCUT2D eigenvalue weighted by Crippen LogP contribution is 2.15. The number of likely N-dealkylation sites (N-methyl/N-ethyl adjacent to an activating group) is 1. The van der Waals surface area contributed by atoms with Crippen LogP contribution in [0.15, 0.2) is 85.1 Å². The van der Waals surface area contributed by atoms with Gasteiger partial charge in [-0.05, 0) is 32.1 Å². The van der Waals surface area contributed by atoms with Gasteiger partial charge in [0.15, 0.2) is 6.10 Å². The number of nitrogens with zero attached hydrogens (tertiary/aromatic N) is 1. The molecule has 8 heteroatoms. The van der Waals surface area contributed by atoms with Gasteiger partial charge in [0, 0.05) is 19.3 Å². The molecule has 0 aromatic carbocycles. The molecule has 0 amide bonds. The summed E-state index contributed by atoms with van der Waals surface area (Å²) in [4.78, 5) is 36.9. The minimum atomic E-state index is -1.14. The van der Waals surface area contributed by atoms with Crippen molar-refractivity contribution in [3.05, 3.63) is 85.1 Å². The average molecular weight is 824 g/mol. The highest BCUT2D eigenvalue weighted by atomic mass is 16.6. The summed E-state index contributed by atoms with van der Waals surface area (Å²) >= 11 is 0. The number of unbranched alkanes of at least 4 members (excludes halogenated alkanes) is 18. The van der Waals surface area contributed by atoms with Gasteiger partial charge in [0.1, 0.15) is 12.6 Å². The summed E-state index contributed by atoms with van der Waals surface area (Å²) < 4.78 is 17.1. The summed E-state index contributed by atoms with van der Waals surface area (Å²) in [6.45, 7) is 4.46. The highest BCUT2D eigenvalue weighted by molar-refractivity contribution is 5.70. The zero-order valence-electron chi connectivity index (χ0n) is 38.1. The molecule has 8 nitrogen and oxygen atoms in total. The highest BCUT2D eigenvalue weighted by Gasteiger charge is 2.25. The summed E-state index contributed by atoms with van der Waals surface area (Å²) in [6, 6.07) is -0.738. The molecule has 0 N–H and O–H groups in total. The van der Waals surface area contributed by atoms with Crippen LogP contribution in [0.3, 0.4) is 0 Å². The molecule has 2 atom stereocenters. The zero-order valence-corrected chi connectivity index (χ0v) is 38.1. The molecule has 0 heterocycles. The number of rotatable bonds is 40. The van der Waals surface area contributed by atoms with Crippen LogP contribution in [0.5, 0.6) is 0 Å². The lowest BCUT2D eigenvalue weighted by Gasteiger charge is -2.34. The third-order valence-corrected chi connectivity index (χ3v) is 9.99. The molecule has 0 aliphatic carbocycles. The fourth-order valence-electron chi connectivity index (χ4n) is 6.41. The van der Waals surface area contributed by atoms with Crippen molar-refractivity contribution < 1.29 is 38.2 Å². The van der Waals surface area contributed by atoms with Crippen molar-refractivity contribution in [1.29, 1.82) is 0 Å². The van der Waals surface area contributed by atoms with E-state index in [2.05, 4.69) is 26.0 Å². The Morgan fingerprint density at radius 2 is 0.949 bits per heavy atom. The van der Waals surface area contributed by atoms with Crippen molar-refractivity contribution in [2.24, 2.45) is 0 Å². The molecule has 0 aromatic rings. The van der Waals surface area contributed by atoms with Gasteiger partial charge in [-0.15, -0.1) is 0 Å². The van der Waals surface area contributed by atoms with E-state index in [-0.39, 0.29) is 49.1 Å². The molecule has 0 bridgehead atoms. The molecule has 0 spiro atoms. The number of hydrogen-bond acceptors (Lipinski definition) is 7. The van der Waals surface area contributed by atoms with Gasteiger partial charge in [0.25, 0.3) is 0 Å². The van der Waals surface area contributed by atoms with Crippen molar-refractivity contribution >= 4 is 17.9 Å². The van der Waals surface area contributed by atoms with Gasteiger partial charge in [0.2, 0.25) is 0 Å². The van der Waals surface area contributed by atoms with Gasteiger partial charge in [-0.25, -0.2) is 0 Å². The molecule has 0 saturated heterocycles. The van der Waals surface area contributed by atoms with Crippen LogP contribution in [0.4, 0.5) is 0 Å². The van der Waals surface area contributed by atoms with Crippen LogP contribution in [0.1, 0.15) is 168 Å². The molecule has 0 fully saturated rings. The average Bonchev–Trinajstić information content (AvgIpc) is 3.19. The normalized spacial score (nSPS) is 13.7. The monoisotopic (exact) mass is 824 g/mol. The van der Waals surface area contributed by atoms with Gasteiger partial charge in [-0.2, -0.15) is 0 Å². The van der Waals surface area contributed by atoms with Crippen LogP contribution in [-0.4, -0.2) is 75.5 Å². The smallest absolute Gasteiger partial charge is 0.306 e. The van der Waals surface area contributed by atoms with E-state index >= 15 is 0 Å². The first kappa shape index (κ1) is 55.5. The van der Waals surface area contributed by atoms with Crippen molar-refractivity contribution in [1.82, 2.24) is 0 Å². The molecule has 0 rings (SSSR count). The number of ether oxygens (including phenoxy) is 3. The predicted molar refractivity (Wildman–Crippen MR) is 245 cm³/mol. The molecule has 0 aliphatic rings. The Balaban J connectivity index is 4.44. The Kier molecular flexibility index (Phi) is 38.8. The second-order valence-corrected chi connectivity index (χ2v) is 16.5. The number of hydrogen-bond donors (Lipinski definition) is 0. The van der Waals surface area contributed by atoms with Gasteiger partial charge >= 0.3 is 11.9 Å². The Morgan fingerprint density at radius 1 is 0.525 bits per heavy atom. The lowest BCUT2D eigenvalue weighted by Crippen LogP contribution is -2.55. The maximum atomic E-state index is 12.7. The first-order valence-corrected chi connectivity index (χ1v) is 23.2. The van der Waals surface area contributed by atoms with Crippen molar-refractivity contribution in [2.75, 3.05) is 41.0 Å². The largest absolute Gasteiger partial charge is 0.544 e. The number of carboxylic acids is 1. The van der Waals surface area contributed by atoms with Gasteiger partial charge in [-0.1, -0.05) is 202 Å². The fraction of sp³-hybridized carbons (Fsp3) is 0.667. The van der Waals surface area contributed by atoms with Gasteiger partial charge < -0.3 is 28.6 Å². The van der Waals surface area contributed by atoms with E-state index in [1.54, 1.807) is 21.1 Å². The quantitative estimate of drug-likeness (QED) is 0.0262. The minimum Gasteiger partial charge on any atom is -0.544 e. The van der Waals surface area contributed by atoms with E-state index < -0.39 is 18.1 Å². The van der Waals surface area contributed by atoms with E-state index in [1.807, 2.05) is 72.9 Å². The van der Waals surface area contributed by atoms with Crippen LogP contribution >= 0.6 is 0 Å². The topological polar surface area (TPSA) is 102 Å². The van der Waals surface area contributed by atoms with Crippen LogP contribution < -0.4 is 5.11 Å². The molecular formula is C51H85NO7. The summed E-state index contributed by atoms with van der Waals surface area (Å²) in [7, 11) is 5.38. The number of aliphatic carboxylic acids is 1. The Labute approximate surface area is 361 Å². The first-order chi connectivity index (χ1) is 28.6. The minimum absolute atomic E-state index is 0.0185. The molecule has 0 aromatic heterocycles. The molecule has 0 radical (unpaired) electrons. The third-order valence-electron chi connectivity index (χ3n) is 9.99. The lowest BCUT2D eigenvalue weighted by atomic mass is 10.0. The fourth-order valence-corrected chi connectivity index (χ4v) is 6.41. The van der Waals surface area contributed by atoms with Crippen LogP contribution in [0, 0.1) is 0 Å². The maximum Gasteiger partial charge on any atom is 0.306 e.